The molecular formula is C24H19N3O4. The Morgan fingerprint density at radius 1 is 1.06 bits per heavy atom. The summed E-state index contributed by atoms with van der Waals surface area (Å²) < 4.78 is 0. The number of benzene rings is 2. The lowest BCUT2D eigenvalue weighted by molar-refractivity contribution is -0.130. The normalized spacial score (nSPS) is 11.4. The number of aromatic amines is 1. The summed E-state index contributed by atoms with van der Waals surface area (Å²) in [6, 6.07) is 17.1. The van der Waals surface area contributed by atoms with Gasteiger partial charge < -0.3 is 20.5 Å². The van der Waals surface area contributed by atoms with Crippen molar-refractivity contribution >= 4 is 40.2 Å². The zero-order valence-corrected chi connectivity index (χ0v) is 16.4. The lowest BCUT2D eigenvalue weighted by Crippen LogP contribution is -2.14. The molecule has 2 aromatic heterocycles. The number of carboxylic acids is 1. The number of hydrogen-bond donors (Lipinski definition) is 4. The number of phenolic OH excluding ortho intramolecular Hbond substituents is 1. The quantitative estimate of drug-likeness (QED) is 0.356. The molecule has 0 aliphatic heterocycles. The van der Waals surface area contributed by atoms with Gasteiger partial charge in [0.25, 0.3) is 0 Å². The highest BCUT2D eigenvalue weighted by Crippen LogP contribution is 2.25. The fourth-order valence-corrected chi connectivity index (χ4v) is 3.31. The van der Waals surface area contributed by atoms with Crippen molar-refractivity contribution in [3.05, 3.63) is 89.7 Å². The summed E-state index contributed by atoms with van der Waals surface area (Å²) in [5, 5.41) is 22.7. The van der Waals surface area contributed by atoms with Crippen LogP contribution in [-0.4, -0.2) is 32.1 Å². The number of pyridine rings is 1. The number of aromatic nitrogens is 2. The SMILES string of the molecule is O=C(Cc1cccc(O)c1)Nc1cnc2[nH]cc(C=C(C(=O)O)c3ccccc3)c2c1. The maximum Gasteiger partial charge on any atom is 0.336 e. The number of carbonyl (C=O) groups is 2. The predicted molar refractivity (Wildman–Crippen MR) is 118 cm³/mol. The number of anilines is 1. The number of nitrogens with zero attached hydrogens (tertiary/aromatic N) is 1. The molecule has 0 saturated heterocycles. The van der Waals surface area contributed by atoms with Crippen LogP contribution in [0.4, 0.5) is 5.69 Å². The fraction of sp³-hybridized carbons (Fsp3) is 0.0417. The maximum atomic E-state index is 12.4. The summed E-state index contributed by atoms with van der Waals surface area (Å²) in [4.78, 5) is 31.5. The van der Waals surface area contributed by atoms with Gasteiger partial charge in [-0.1, -0.05) is 42.5 Å². The van der Waals surface area contributed by atoms with E-state index in [2.05, 4.69) is 15.3 Å². The molecule has 0 aliphatic carbocycles. The number of H-pyrrole nitrogens is 1. The van der Waals surface area contributed by atoms with E-state index in [1.165, 1.54) is 12.3 Å². The fourth-order valence-electron chi connectivity index (χ4n) is 3.31. The number of fused-ring (bicyclic) bond motifs is 1. The summed E-state index contributed by atoms with van der Waals surface area (Å²) in [6.45, 7) is 0. The monoisotopic (exact) mass is 413 g/mol. The number of hydrogen-bond acceptors (Lipinski definition) is 4. The van der Waals surface area contributed by atoms with E-state index in [0.29, 0.717) is 33.4 Å². The summed E-state index contributed by atoms with van der Waals surface area (Å²) >= 11 is 0. The Labute approximate surface area is 177 Å². The molecule has 4 rings (SSSR count). The van der Waals surface area contributed by atoms with E-state index >= 15 is 0 Å². The molecule has 31 heavy (non-hydrogen) atoms. The highest BCUT2D eigenvalue weighted by molar-refractivity contribution is 6.21. The third-order valence-corrected chi connectivity index (χ3v) is 4.74. The van der Waals surface area contributed by atoms with Crippen LogP contribution in [0.15, 0.2) is 73.1 Å². The second-order valence-corrected chi connectivity index (χ2v) is 6.99. The Morgan fingerprint density at radius 2 is 1.87 bits per heavy atom. The van der Waals surface area contributed by atoms with Gasteiger partial charge >= 0.3 is 5.97 Å². The molecular weight excluding hydrogens is 394 g/mol. The van der Waals surface area contributed by atoms with Crippen LogP contribution in [0.2, 0.25) is 0 Å². The van der Waals surface area contributed by atoms with Gasteiger partial charge in [-0.05, 0) is 35.4 Å². The average Bonchev–Trinajstić information content (AvgIpc) is 3.14. The molecule has 154 valence electrons. The van der Waals surface area contributed by atoms with Crippen molar-refractivity contribution in [1.82, 2.24) is 9.97 Å². The lowest BCUT2D eigenvalue weighted by atomic mass is 10.0. The third kappa shape index (κ3) is 4.62. The Balaban J connectivity index is 1.61. The molecule has 7 heteroatoms. The summed E-state index contributed by atoms with van der Waals surface area (Å²) in [5.41, 5.74) is 3.14. The zero-order valence-electron chi connectivity index (χ0n) is 16.4. The van der Waals surface area contributed by atoms with Gasteiger partial charge in [-0.15, -0.1) is 0 Å². The molecule has 7 nitrogen and oxygen atoms in total. The van der Waals surface area contributed by atoms with Crippen LogP contribution in [0.5, 0.6) is 5.75 Å². The number of nitrogens with one attached hydrogen (secondary N) is 2. The van der Waals surface area contributed by atoms with Gasteiger partial charge in [-0.25, -0.2) is 9.78 Å². The Hall–Kier alpha value is -4.39. The number of aliphatic carboxylic acids is 1. The van der Waals surface area contributed by atoms with Gasteiger partial charge in [0.05, 0.1) is 23.9 Å². The molecule has 0 radical (unpaired) electrons. The molecule has 0 saturated carbocycles. The standard InChI is InChI=1S/C24H19N3O4/c28-19-8-4-5-15(9-19)10-22(29)27-18-12-20-17(13-25-23(20)26-14-18)11-21(24(30)31)16-6-2-1-3-7-16/h1-9,11-14,28H,10H2,(H,25,26)(H,27,29)(H,30,31). The van der Waals surface area contributed by atoms with Crippen molar-refractivity contribution in [1.29, 1.82) is 0 Å². The lowest BCUT2D eigenvalue weighted by Gasteiger charge is -2.06. The van der Waals surface area contributed by atoms with Gasteiger partial charge in [0.15, 0.2) is 0 Å². The van der Waals surface area contributed by atoms with E-state index in [4.69, 9.17) is 0 Å². The third-order valence-electron chi connectivity index (χ3n) is 4.74. The molecule has 0 aliphatic rings. The number of phenols is 1. The molecule has 2 heterocycles. The van der Waals surface area contributed by atoms with Crippen molar-refractivity contribution in [3.8, 4) is 5.75 Å². The first-order valence-corrected chi connectivity index (χ1v) is 9.55. The topological polar surface area (TPSA) is 115 Å². The number of carbonyl (C=O) groups excluding carboxylic acids is 1. The summed E-state index contributed by atoms with van der Waals surface area (Å²) in [5.74, 6) is -1.19. The number of aromatic hydroxyl groups is 1. The number of rotatable bonds is 6. The second-order valence-electron chi connectivity index (χ2n) is 6.99. The van der Waals surface area contributed by atoms with Gasteiger partial charge in [0.1, 0.15) is 11.4 Å². The average molecular weight is 413 g/mol. The van der Waals surface area contributed by atoms with Crippen molar-refractivity contribution < 1.29 is 19.8 Å². The highest BCUT2D eigenvalue weighted by atomic mass is 16.4. The molecule has 0 bridgehead atoms. The molecule has 4 aromatic rings. The molecule has 0 spiro atoms. The molecule has 0 fully saturated rings. The first-order valence-electron chi connectivity index (χ1n) is 9.55. The second kappa shape index (κ2) is 8.54. The van der Waals surface area contributed by atoms with Crippen LogP contribution < -0.4 is 5.32 Å². The van der Waals surface area contributed by atoms with Crippen molar-refractivity contribution in [2.24, 2.45) is 0 Å². The van der Waals surface area contributed by atoms with E-state index < -0.39 is 5.97 Å². The van der Waals surface area contributed by atoms with E-state index in [-0.39, 0.29) is 23.7 Å². The van der Waals surface area contributed by atoms with E-state index in [1.807, 2.05) is 6.07 Å². The molecule has 0 unspecified atom stereocenters. The molecule has 1 amide bonds. The molecule has 4 N–H and O–H groups in total. The van der Waals surface area contributed by atoms with Crippen molar-refractivity contribution in [2.75, 3.05) is 5.32 Å². The predicted octanol–water partition coefficient (Wildman–Crippen LogP) is 4.07. The van der Waals surface area contributed by atoms with Crippen LogP contribution >= 0.6 is 0 Å². The van der Waals surface area contributed by atoms with Gasteiger partial charge in [-0.2, -0.15) is 0 Å². The van der Waals surface area contributed by atoms with Crippen LogP contribution in [0.1, 0.15) is 16.7 Å². The minimum absolute atomic E-state index is 0.101. The number of carboxylic acid groups (broad SMARTS) is 1. The molecule has 0 atom stereocenters. The van der Waals surface area contributed by atoms with Crippen LogP contribution in [-0.2, 0) is 16.0 Å². The first kappa shape index (κ1) is 19.9. The van der Waals surface area contributed by atoms with Crippen molar-refractivity contribution in [3.63, 3.8) is 0 Å². The summed E-state index contributed by atoms with van der Waals surface area (Å²) in [7, 11) is 0. The number of amides is 1. The van der Waals surface area contributed by atoms with Crippen molar-refractivity contribution in [2.45, 2.75) is 6.42 Å². The van der Waals surface area contributed by atoms with E-state index in [0.717, 1.165) is 0 Å². The first-order chi connectivity index (χ1) is 15.0. The van der Waals surface area contributed by atoms with E-state index in [1.54, 1.807) is 60.8 Å². The smallest absolute Gasteiger partial charge is 0.336 e. The maximum absolute atomic E-state index is 12.4. The van der Waals surface area contributed by atoms with Gasteiger partial charge in [0, 0.05) is 17.1 Å². The largest absolute Gasteiger partial charge is 0.508 e. The van der Waals surface area contributed by atoms with Crippen LogP contribution in [0, 0.1) is 0 Å². The van der Waals surface area contributed by atoms with Gasteiger partial charge in [0.2, 0.25) is 5.91 Å². The van der Waals surface area contributed by atoms with Crippen LogP contribution in [0.25, 0.3) is 22.7 Å². The zero-order chi connectivity index (χ0) is 21.8. The molecule has 2 aromatic carbocycles. The summed E-state index contributed by atoms with van der Waals surface area (Å²) in [6.07, 6.45) is 4.89. The Morgan fingerprint density at radius 3 is 2.61 bits per heavy atom. The highest BCUT2D eigenvalue weighted by Gasteiger charge is 2.13. The Kier molecular flexibility index (Phi) is 5.49. The van der Waals surface area contributed by atoms with Gasteiger partial charge in [-0.3, -0.25) is 4.79 Å². The van der Waals surface area contributed by atoms with Crippen LogP contribution in [0.3, 0.4) is 0 Å². The Bertz CT molecular complexity index is 1290. The van der Waals surface area contributed by atoms with E-state index in [9.17, 15) is 19.8 Å². The minimum atomic E-state index is -1.04. The minimum Gasteiger partial charge on any atom is -0.508 e.